The van der Waals surface area contributed by atoms with E-state index in [2.05, 4.69) is 0 Å². The van der Waals surface area contributed by atoms with E-state index in [1.807, 2.05) is 0 Å². The fourth-order valence-corrected chi connectivity index (χ4v) is 0. The van der Waals surface area contributed by atoms with Crippen molar-refractivity contribution in [2.24, 2.45) is 0 Å². The van der Waals surface area contributed by atoms with Crippen molar-refractivity contribution in [3.05, 3.63) is 0 Å². The average Bonchev–Trinajstić information content (AvgIpc) is 1.37. The first-order chi connectivity index (χ1) is 1.91. The van der Waals surface area contributed by atoms with Crippen LogP contribution in [0.5, 0.6) is 0 Å². The fourth-order valence-electron chi connectivity index (χ4n) is 0. The third-order valence-electron chi connectivity index (χ3n) is 0.0500. The van der Waals surface area contributed by atoms with Crippen molar-refractivity contribution in [3.8, 4) is 12.1 Å². The minimum Gasteiger partial charge on any atom is -0.181 e. The van der Waals surface area contributed by atoms with E-state index in [-0.39, 0.29) is 73.8 Å². The van der Waals surface area contributed by atoms with Crippen LogP contribution in [0.15, 0.2) is 0 Å². The molecule has 0 saturated heterocycles. The van der Waals surface area contributed by atoms with Gasteiger partial charge in [-0.15, -0.1) is 0 Å². The molecule has 0 fully saturated rings. The molecule has 0 N–H and O–H groups in total. The van der Waals surface area contributed by atoms with Gasteiger partial charge in [-0.05, 0) is 0 Å². The van der Waals surface area contributed by atoms with Crippen molar-refractivity contribution < 1.29 is 22.4 Å². The second kappa shape index (κ2) is 16.2. The molecule has 0 aliphatic heterocycles. The minimum absolute atomic E-state index is 0. The van der Waals surface area contributed by atoms with Gasteiger partial charge in [-0.2, -0.15) is 10.5 Å². The zero-order valence-corrected chi connectivity index (χ0v) is 8.49. The molecule has 0 spiro atoms. The van der Waals surface area contributed by atoms with Gasteiger partial charge in [0.25, 0.3) is 0 Å². The maximum atomic E-state index is 7.26. The van der Waals surface area contributed by atoms with Gasteiger partial charge in [0.2, 0.25) is 0 Å². The van der Waals surface area contributed by atoms with E-state index in [0.29, 0.717) is 0 Å². The summed E-state index contributed by atoms with van der Waals surface area (Å²) in [6.07, 6.45) is 0. The van der Waals surface area contributed by atoms with E-state index in [9.17, 15) is 0 Å². The normalized spacial score (nSPS) is 1.67. The molecule has 2 nitrogen and oxygen atoms in total. The molecule has 0 heterocycles. The molecule has 0 unspecified atom stereocenters. The van der Waals surface area contributed by atoms with Crippen LogP contribution >= 0.6 is 0 Å². The molecular weight excluding hydrogens is 288 g/mol. The second-order valence-corrected chi connectivity index (χ2v) is 0.224. The summed E-state index contributed by atoms with van der Waals surface area (Å²) in [5.74, 6) is 0. The molecular formula is C2AuKN2. The molecule has 0 aromatic rings. The Morgan fingerprint density at radius 2 is 1.17 bits per heavy atom. The molecule has 0 amide bonds. The monoisotopic (exact) mass is 288 g/mol. The number of rotatable bonds is 0. The van der Waals surface area contributed by atoms with Gasteiger partial charge in [-0.3, -0.25) is 0 Å². The van der Waals surface area contributed by atoms with Gasteiger partial charge in [0.15, 0.2) is 12.1 Å². The molecule has 0 saturated carbocycles. The number of nitriles is 2. The Balaban J connectivity index is -0.0000000450. The molecule has 0 atom stereocenters. The molecule has 0 aromatic carbocycles. The quantitative estimate of drug-likeness (QED) is 0.572. The Kier molecular flexibility index (Phi) is 42.3. The fraction of sp³-hybridized carbons (Fsp3) is 0. The smallest absolute Gasteiger partial charge is 0.181 e. The number of hydrogen-bond donors (Lipinski definition) is 0. The van der Waals surface area contributed by atoms with Gasteiger partial charge >= 0.3 is 0 Å². The standard InChI is InChI=1S/C2N2.Au.K/c3-1-2-4;;. The minimum atomic E-state index is 0. The zero-order valence-electron chi connectivity index (χ0n) is 3.20. The maximum absolute atomic E-state index is 7.26. The van der Waals surface area contributed by atoms with Crippen molar-refractivity contribution >= 4 is 51.4 Å². The van der Waals surface area contributed by atoms with E-state index in [1.165, 1.54) is 12.1 Å². The molecule has 6 heavy (non-hydrogen) atoms. The van der Waals surface area contributed by atoms with Crippen LogP contribution in [0.1, 0.15) is 0 Å². The predicted octanol–water partition coefficient (Wildman–Crippen LogP) is -0.350. The van der Waals surface area contributed by atoms with Gasteiger partial charge in [0.1, 0.15) is 0 Å². The van der Waals surface area contributed by atoms with Crippen LogP contribution in [0.25, 0.3) is 0 Å². The summed E-state index contributed by atoms with van der Waals surface area (Å²) in [5.41, 5.74) is 0. The molecule has 0 aliphatic carbocycles. The van der Waals surface area contributed by atoms with Crippen molar-refractivity contribution in [2.45, 2.75) is 0 Å². The Labute approximate surface area is 94.4 Å². The van der Waals surface area contributed by atoms with Gasteiger partial charge in [0, 0.05) is 73.8 Å². The van der Waals surface area contributed by atoms with Crippen molar-refractivity contribution in [1.82, 2.24) is 0 Å². The Morgan fingerprint density at radius 1 is 1.00 bits per heavy atom. The Morgan fingerprint density at radius 3 is 1.17 bits per heavy atom. The van der Waals surface area contributed by atoms with Crippen molar-refractivity contribution in [1.29, 1.82) is 10.5 Å². The topological polar surface area (TPSA) is 47.6 Å². The molecule has 0 aromatic heterocycles. The van der Waals surface area contributed by atoms with Crippen LogP contribution < -0.4 is 0 Å². The molecule has 0 bridgehead atoms. The van der Waals surface area contributed by atoms with E-state index in [0.717, 1.165) is 0 Å². The van der Waals surface area contributed by atoms with Gasteiger partial charge < -0.3 is 0 Å². The summed E-state index contributed by atoms with van der Waals surface area (Å²) in [4.78, 5) is 0. The average molecular weight is 288 g/mol. The SMILES string of the molecule is N#CC#N.[Au].[K]. The van der Waals surface area contributed by atoms with Gasteiger partial charge in [-0.25, -0.2) is 0 Å². The van der Waals surface area contributed by atoms with E-state index < -0.39 is 0 Å². The third-order valence-corrected chi connectivity index (χ3v) is 0.0500. The van der Waals surface area contributed by atoms with Crippen LogP contribution in [0.2, 0.25) is 0 Å². The van der Waals surface area contributed by atoms with Crippen LogP contribution in [0, 0.1) is 22.7 Å². The largest absolute Gasteiger partial charge is 0.181 e. The van der Waals surface area contributed by atoms with Crippen molar-refractivity contribution in [2.75, 3.05) is 0 Å². The summed E-state index contributed by atoms with van der Waals surface area (Å²) in [6, 6.07) is 2.47. The molecule has 4 heteroatoms. The van der Waals surface area contributed by atoms with Crippen LogP contribution in [0.3, 0.4) is 0 Å². The predicted molar refractivity (Wildman–Crippen MR) is 17.0 cm³/mol. The van der Waals surface area contributed by atoms with Crippen LogP contribution in [-0.2, 0) is 22.4 Å². The summed E-state index contributed by atoms with van der Waals surface area (Å²) in [7, 11) is 0. The van der Waals surface area contributed by atoms with Gasteiger partial charge in [-0.1, -0.05) is 0 Å². The van der Waals surface area contributed by atoms with E-state index >= 15 is 0 Å². The molecule has 0 aliphatic rings. The molecule has 0 rings (SSSR count). The summed E-state index contributed by atoms with van der Waals surface area (Å²) in [6.45, 7) is 0. The van der Waals surface area contributed by atoms with E-state index in [1.54, 1.807) is 0 Å². The van der Waals surface area contributed by atoms with Gasteiger partial charge in [0.05, 0.1) is 0 Å². The first-order valence-electron chi connectivity index (χ1n) is 0.697. The second-order valence-electron chi connectivity index (χ2n) is 0.224. The summed E-state index contributed by atoms with van der Waals surface area (Å²) >= 11 is 0. The Hall–Kier alpha value is 1.36. The number of hydrogen-bond acceptors (Lipinski definition) is 2. The third kappa shape index (κ3) is 18.3. The summed E-state index contributed by atoms with van der Waals surface area (Å²) in [5, 5.41) is 14.5. The number of nitrogens with zero attached hydrogens (tertiary/aromatic N) is 2. The van der Waals surface area contributed by atoms with Crippen molar-refractivity contribution in [3.63, 3.8) is 0 Å². The van der Waals surface area contributed by atoms with Crippen LogP contribution in [0.4, 0.5) is 0 Å². The molecule has 2 radical (unpaired) electrons. The first kappa shape index (κ1) is 15.7. The first-order valence-corrected chi connectivity index (χ1v) is 0.697. The maximum Gasteiger partial charge on any atom is 0.181 e. The van der Waals surface area contributed by atoms with E-state index in [4.69, 9.17) is 10.5 Å². The zero-order chi connectivity index (χ0) is 3.41. The molecule has 30 valence electrons. The summed E-state index contributed by atoms with van der Waals surface area (Å²) < 4.78 is 0. The van der Waals surface area contributed by atoms with Crippen LogP contribution in [-0.4, -0.2) is 51.4 Å². The Bertz CT molecular complexity index is 66.5.